The van der Waals surface area contributed by atoms with Crippen LogP contribution in [0.1, 0.15) is 46.2 Å². The van der Waals surface area contributed by atoms with E-state index < -0.39 is 0 Å². The first-order valence-electron chi connectivity index (χ1n) is 10.0. The van der Waals surface area contributed by atoms with Crippen LogP contribution in [0.15, 0.2) is 18.6 Å². The molecule has 2 aliphatic heterocycles. The fourth-order valence-corrected chi connectivity index (χ4v) is 3.99. The summed E-state index contributed by atoms with van der Waals surface area (Å²) < 4.78 is 7.17. The Morgan fingerprint density at radius 3 is 2.57 bits per heavy atom. The van der Waals surface area contributed by atoms with E-state index in [-0.39, 0.29) is 5.91 Å². The molecule has 150 valence electrons. The average Bonchev–Trinajstić information content (AvgIpc) is 3.13. The molecule has 0 radical (unpaired) electrons. The summed E-state index contributed by atoms with van der Waals surface area (Å²) in [5.74, 6) is 1.24. The number of hydrogen-bond acceptors (Lipinski definition) is 6. The SMILES string of the molecule is Cc1nc(C2CCN(Cc3cnn(C)c3)CC2)ncc1C(=O)N1CCOCC1. The minimum absolute atomic E-state index is 0.0126. The third-order valence-electron chi connectivity index (χ3n) is 5.64. The monoisotopic (exact) mass is 384 g/mol. The molecule has 8 heteroatoms. The Bertz CT molecular complexity index is 822. The molecule has 2 aromatic rings. The van der Waals surface area contributed by atoms with Gasteiger partial charge in [0.15, 0.2) is 0 Å². The quantitative estimate of drug-likeness (QED) is 0.793. The number of carbonyl (C=O) groups is 1. The van der Waals surface area contributed by atoms with Crippen LogP contribution in [0.4, 0.5) is 0 Å². The van der Waals surface area contributed by atoms with E-state index in [2.05, 4.69) is 21.2 Å². The van der Waals surface area contributed by atoms with Gasteiger partial charge in [-0.1, -0.05) is 0 Å². The summed E-state index contributed by atoms with van der Waals surface area (Å²) in [4.78, 5) is 26.3. The number of nitrogens with zero attached hydrogens (tertiary/aromatic N) is 6. The number of morpholine rings is 1. The lowest BCUT2D eigenvalue weighted by molar-refractivity contribution is 0.0301. The number of carbonyl (C=O) groups excluding carboxylic acids is 1. The van der Waals surface area contributed by atoms with Crippen LogP contribution >= 0.6 is 0 Å². The standard InChI is InChI=1S/C20H28N6O2/c1-15-18(20(27)26-7-9-28-10-8-26)12-21-19(23-15)17-3-5-25(6-4-17)14-16-11-22-24(2)13-16/h11-13,17H,3-10,14H2,1-2H3. The first-order valence-corrected chi connectivity index (χ1v) is 10.0. The Kier molecular flexibility index (Phi) is 5.68. The van der Waals surface area contributed by atoms with E-state index in [9.17, 15) is 4.79 Å². The van der Waals surface area contributed by atoms with E-state index >= 15 is 0 Å². The summed E-state index contributed by atoms with van der Waals surface area (Å²) in [6.07, 6.45) is 7.80. The molecule has 0 unspecified atom stereocenters. The lowest BCUT2D eigenvalue weighted by Crippen LogP contribution is -2.41. The van der Waals surface area contributed by atoms with Gasteiger partial charge in [-0.15, -0.1) is 0 Å². The molecule has 8 nitrogen and oxygen atoms in total. The van der Waals surface area contributed by atoms with E-state index in [0.29, 0.717) is 37.8 Å². The number of amides is 1. The largest absolute Gasteiger partial charge is 0.378 e. The van der Waals surface area contributed by atoms with Crippen LogP contribution in [0.2, 0.25) is 0 Å². The van der Waals surface area contributed by atoms with Crippen molar-refractivity contribution < 1.29 is 9.53 Å². The van der Waals surface area contributed by atoms with Crippen LogP contribution in [0.3, 0.4) is 0 Å². The number of aryl methyl sites for hydroxylation is 2. The van der Waals surface area contributed by atoms with Gasteiger partial charge in [-0.05, 0) is 32.9 Å². The topological polar surface area (TPSA) is 76.4 Å². The molecule has 0 aromatic carbocycles. The smallest absolute Gasteiger partial charge is 0.257 e. The van der Waals surface area contributed by atoms with Gasteiger partial charge < -0.3 is 9.64 Å². The fraction of sp³-hybridized carbons (Fsp3) is 0.600. The maximum atomic E-state index is 12.7. The first-order chi connectivity index (χ1) is 13.6. The van der Waals surface area contributed by atoms with E-state index in [4.69, 9.17) is 9.72 Å². The van der Waals surface area contributed by atoms with Crippen LogP contribution in [0.5, 0.6) is 0 Å². The minimum atomic E-state index is 0.0126. The molecule has 0 atom stereocenters. The molecule has 0 saturated carbocycles. The van der Waals surface area contributed by atoms with Crippen molar-refractivity contribution >= 4 is 5.91 Å². The maximum absolute atomic E-state index is 12.7. The highest BCUT2D eigenvalue weighted by Gasteiger charge is 2.25. The second-order valence-electron chi connectivity index (χ2n) is 7.70. The highest BCUT2D eigenvalue weighted by Crippen LogP contribution is 2.27. The highest BCUT2D eigenvalue weighted by molar-refractivity contribution is 5.95. The molecule has 2 aliphatic rings. The van der Waals surface area contributed by atoms with E-state index in [1.807, 2.05) is 29.7 Å². The Morgan fingerprint density at radius 1 is 1.18 bits per heavy atom. The molecular weight excluding hydrogens is 356 g/mol. The van der Waals surface area contributed by atoms with Gasteiger partial charge in [0.1, 0.15) is 5.82 Å². The molecule has 0 aliphatic carbocycles. The van der Waals surface area contributed by atoms with Crippen molar-refractivity contribution in [3.63, 3.8) is 0 Å². The number of likely N-dealkylation sites (tertiary alicyclic amines) is 1. The normalized spacial score (nSPS) is 19.1. The Balaban J connectivity index is 1.36. The van der Waals surface area contributed by atoms with Gasteiger partial charge in [-0.2, -0.15) is 5.10 Å². The van der Waals surface area contributed by atoms with Crippen molar-refractivity contribution in [1.29, 1.82) is 0 Å². The van der Waals surface area contributed by atoms with Crippen LogP contribution < -0.4 is 0 Å². The van der Waals surface area contributed by atoms with Crippen molar-refractivity contribution in [2.75, 3.05) is 39.4 Å². The lowest BCUT2D eigenvalue weighted by atomic mass is 9.95. The van der Waals surface area contributed by atoms with Crippen LogP contribution in [0, 0.1) is 6.92 Å². The summed E-state index contributed by atoms with van der Waals surface area (Å²) in [5.41, 5.74) is 2.64. The number of piperidine rings is 1. The molecule has 4 heterocycles. The van der Waals surface area contributed by atoms with Crippen molar-refractivity contribution in [1.82, 2.24) is 29.5 Å². The molecule has 2 aromatic heterocycles. The molecule has 0 bridgehead atoms. The Hall–Kier alpha value is -2.32. The number of hydrogen-bond donors (Lipinski definition) is 0. The fourth-order valence-electron chi connectivity index (χ4n) is 3.99. The van der Waals surface area contributed by atoms with Crippen molar-refractivity contribution in [2.45, 2.75) is 32.2 Å². The molecule has 1 amide bonds. The molecule has 2 fully saturated rings. The summed E-state index contributed by atoms with van der Waals surface area (Å²) in [6, 6.07) is 0. The first kappa shape index (κ1) is 19.0. The zero-order chi connectivity index (χ0) is 19.5. The van der Waals surface area contributed by atoms with Crippen LogP contribution in [-0.2, 0) is 18.3 Å². The van der Waals surface area contributed by atoms with Gasteiger partial charge in [-0.3, -0.25) is 14.4 Å². The number of aromatic nitrogens is 4. The molecule has 4 rings (SSSR count). The van der Waals surface area contributed by atoms with Crippen molar-refractivity contribution in [3.8, 4) is 0 Å². The summed E-state index contributed by atoms with van der Waals surface area (Å²) in [6.45, 7) is 7.37. The highest BCUT2D eigenvalue weighted by atomic mass is 16.5. The van der Waals surface area contributed by atoms with E-state index in [1.165, 1.54) is 5.56 Å². The zero-order valence-corrected chi connectivity index (χ0v) is 16.7. The third-order valence-corrected chi connectivity index (χ3v) is 5.64. The lowest BCUT2D eigenvalue weighted by Gasteiger charge is -2.31. The van der Waals surface area contributed by atoms with Crippen LogP contribution in [0.25, 0.3) is 0 Å². The Labute approximate surface area is 165 Å². The van der Waals surface area contributed by atoms with Crippen molar-refractivity contribution in [2.24, 2.45) is 7.05 Å². The predicted molar refractivity (Wildman–Crippen MR) is 104 cm³/mol. The summed E-state index contributed by atoms with van der Waals surface area (Å²) >= 11 is 0. The molecular formula is C20H28N6O2. The molecule has 0 spiro atoms. The number of rotatable bonds is 4. The Morgan fingerprint density at radius 2 is 1.93 bits per heavy atom. The van der Waals surface area contributed by atoms with Crippen molar-refractivity contribution in [3.05, 3.63) is 41.2 Å². The van der Waals surface area contributed by atoms with Gasteiger partial charge in [0.2, 0.25) is 0 Å². The third kappa shape index (κ3) is 4.23. The van der Waals surface area contributed by atoms with Crippen LogP contribution in [-0.4, -0.2) is 74.8 Å². The summed E-state index contributed by atoms with van der Waals surface area (Å²) in [5, 5.41) is 4.24. The van der Waals surface area contributed by atoms with Gasteiger partial charge in [0, 0.05) is 50.6 Å². The van der Waals surface area contributed by atoms with E-state index in [1.54, 1.807) is 6.20 Å². The second kappa shape index (κ2) is 8.36. The zero-order valence-electron chi connectivity index (χ0n) is 16.7. The van der Waals surface area contributed by atoms with Gasteiger partial charge in [0.25, 0.3) is 5.91 Å². The summed E-state index contributed by atoms with van der Waals surface area (Å²) in [7, 11) is 1.95. The van der Waals surface area contributed by atoms with Gasteiger partial charge in [0.05, 0.1) is 30.7 Å². The van der Waals surface area contributed by atoms with E-state index in [0.717, 1.165) is 44.0 Å². The maximum Gasteiger partial charge on any atom is 0.257 e. The molecule has 2 saturated heterocycles. The number of ether oxygens (including phenoxy) is 1. The minimum Gasteiger partial charge on any atom is -0.378 e. The predicted octanol–water partition coefficient (Wildman–Crippen LogP) is 1.37. The second-order valence-corrected chi connectivity index (χ2v) is 7.70. The van der Waals surface area contributed by atoms with Gasteiger partial charge in [-0.25, -0.2) is 9.97 Å². The average molecular weight is 384 g/mol. The van der Waals surface area contributed by atoms with Gasteiger partial charge >= 0.3 is 0 Å². The molecule has 28 heavy (non-hydrogen) atoms. The molecule has 0 N–H and O–H groups in total.